The number of nitrogens with zero attached hydrogens (tertiary/aromatic N) is 3. The van der Waals surface area contributed by atoms with Crippen molar-refractivity contribution in [1.82, 2.24) is 9.80 Å². The molecule has 4 unspecified atom stereocenters. The van der Waals surface area contributed by atoms with E-state index in [0.29, 0.717) is 24.1 Å². The number of amides is 2. The van der Waals surface area contributed by atoms with Crippen molar-refractivity contribution in [2.24, 2.45) is 10.9 Å². The molecule has 4 atom stereocenters. The summed E-state index contributed by atoms with van der Waals surface area (Å²) in [5.41, 5.74) is 10.8. The highest BCUT2D eigenvalue weighted by Gasteiger charge is 2.35. The second-order valence-corrected chi connectivity index (χ2v) is 10.1. The minimum atomic E-state index is -0.938. The Morgan fingerprint density at radius 3 is 2.53 bits per heavy atom. The van der Waals surface area contributed by atoms with Crippen LogP contribution in [0.2, 0.25) is 0 Å². The molecule has 5 N–H and O–H groups in total. The number of anilines is 1. The molecule has 2 aliphatic rings. The molecule has 2 aromatic rings. The van der Waals surface area contributed by atoms with Crippen molar-refractivity contribution in [1.29, 1.82) is 0 Å². The maximum atomic E-state index is 13.3. The van der Waals surface area contributed by atoms with E-state index in [2.05, 4.69) is 10.5 Å². The number of likely N-dealkylation sites (tertiary alicyclic amines) is 1. The lowest BCUT2D eigenvalue weighted by Gasteiger charge is -2.25. The fourth-order valence-corrected chi connectivity index (χ4v) is 4.96. The van der Waals surface area contributed by atoms with Crippen molar-refractivity contribution < 1.29 is 19.8 Å². The molecule has 0 aliphatic carbocycles. The Balaban J connectivity index is 1.54. The van der Waals surface area contributed by atoms with E-state index in [9.17, 15) is 24.7 Å². The number of hydrogen-bond donors (Lipinski definition) is 4. The van der Waals surface area contributed by atoms with Gasteiger partial charge in [0.15, 0.2) is 0 Å². The molecule has 4 rings (SSSR count). The van der Waals surface area contributed by atoms with Crippen LogP contribution in [0, 0.1) is 4.91 Å². The van der Waals surface area contributed by atoms with Crippen LogP contribution in [0.15, 0.2) is 53.2 Å². The van der Waals surface area contributed by atoms with Crippen LogP contribution in [-0.2, 0) is 4.79 Å². The van der Waals surface area contributed by atoms with Crippen molar-refractivity contribution in [3.63, 3.8) is 0 Å². The molecule has 2 amide bonds. The Morgan fingerprint density at radius 1 is 1.18 bits per heavy atom. The third-order valence-corrected chi connectivity index (χ3v) is 6.85. The first-order valence-corrected chi connectivity index (χ1v) is 12.9. The van der Waals surface area contributed by atoms with Gasteiger partial charge in [0.05, 0.1) is 18.4 Å². The molecule has 0 spiro atoms. The monoisotopic (exact) mass is 521 g/mol. The Morgan fingerprint density at radius 2 is 1.89 bits per heavy atom. The third kappa shape index (κ3) is 6.09. The van der Waals surface area contributed by atoms with E-state index in [1.807, 2.05) is 43.3 Å². The summed E-state index contributed by atoms with van der Waals surface area (Å²) >= 11 is 0. The summed E-state index contributed by atoms with van der Waals surface area (Å²) < 4.78 is 0. The first-order chi connectivity index (χ1) is 18.2. The molecule has 10 heteroatoms. The van der Waals surface area contributed by atoms with Gasteiger partial charge in [-0.25, -0.2) is 0 Å². The van der Waals surface area contributed by atoms with E-state index in [4.69, 9.17) is 5.73 Å². The SMILES string of the molecule is CCCN(CC(C)O)C(=O)C1=Cc2ccc(-c3ccc(C(=O)N4CC(O)C(N=O)C4)cc3)cc2NC(N)C1. The van der Waals surface area contributed by atoms with Gasteiger partial charge in [-0.2, -0.15) is 4.91 Å². The highest BCUT2D eigenvalue weighted by Crippen LogP contribution is 2.31. The predicted octanol–water partition coefficient (Wildman–Crippen LogP) is 2.41. The minimum Gasteiger partial charge on any atom is -0.392 e. The molecule has 2 heterocycles. The van der Waals surface area contributed by atoms with Gasteiger partial charge in [-0.05, 0) is 54.3 Å². The maximum Gasteiger partial charge on any atom is 0.254 e. The van der Waals surface area contributed by atoms with Crippen LogP contribution >= 0.6 is 0 Å². The summed E-state index contributed by atoms with van der Waals surface area (Å²) in [6.07, 6.45) is 0.985. The molecule has 0 aromatic heterocycles. The van der Waals surface area contributed by atoms with Gasteiger partial charge in [0, 0.05) is 49.4 Å². The fourth-order valence-electron chi connectivity index (χ4n) is 4.96. The van der Waals surface area contributed by atoms with E-state index in [1.165, 1.54) is 4.90 Å². The molecule has 1 saturated heterocycles. The van der Waals surface area contributed by atoms with Crippen LogP contribution in [0.25, 0.3) is 17.2 Å². The summed E-state index contributed by atoms with van der Waals surface area (Å²) in [6.45, 7) is 4.68. The second kappa shape index (κ2) is 11.8. The number of nitrogens with two attached hydrogens (primary N) is 1. The highest BCUT2D eigenvalue weighted by atomic mass is 16.3. The van der Waals surface area contributed by atoms with Crippen LogP contribution in [0.3, 0.4) is 0 Å². The quantitative estimate of drug-likeness (QED) is 0.390. The lowest BCUT2D eigenvalue weighted by Crippen LogP contribution is -2.39. The number of nitrogens with one attached hydrogen (secondary N) is 1. The Kier molecular flexibility index (Phi) is 8.55. The highest BCUT2D eigenvalue weighted by molar-refractivity contribution is 5.99. The standard InChI is InChI=1S/C28H35N5O5/c1-3-10-32(14-17(2)34)28(37)22-11-21-9-8-20(12-23(21)30-26(29)13-22)18-4-6-19(7-5-18)27(36)33-15-24(31-38)25(35)16-33/h4-9,11-12,17,24-26,30,34-35H,3,10,13-16,29H2,1-2H3. The van der Waals surface area contributed by atoms with Crippen LogP contribution in [0.1, 0.15) is 42.6 Å². The third-order valence-electron chi connectivity index (χ3n) is 6.85. The summed E-state index contributed by atoms with van der Waals surface area (Å²) in [5, 5.41) is 25.9. The fraction of sp³-hybridized carbons (Fsp3) is 0.429. The van der Waals surface area contributed by atoms with Crippen LogP contribution in [-0.4, -0.2) is 82.4 Å². The maximum absolute atomic E-state index is 13.3. The molecule has 1 fully saturated rings. The molecule has 0 saturated carbocycles. The van der Waals surface area contributed by atoms with E-state index in [-0.39, 0.29) is 31.4 Å². The van der Waals surface area contributed by atoms with Gasteiger partial charge in [0.25, 0.3) is 5.91 Å². The first kappa shape index (κ1) is 27.4. The van der Waals surface area contributed by atoms with Crippen LogP contribution < -0.4 is 11.1 Å². The van der Waals surface area contributed by atoms with Gasteiger partial charge in [-0.3, -0.25) is 9.59 Å². The number of hydrogen-bond acceptors (Lipinski definition) is 8. The lowest BCUT2D eigenvalue weighted by molar-refractivity contribution is -0.128. The summed E-state index contributed by atoms with van der Waals surface area (Å²) in [4.78, 5) is 40.0. The summed E-state index contributed by atoms with van der Waals surface area (Å²) in [7, 11) is 0. The van der Waals surface area contributed by atoms with Crippen LogP contribution in [0.4, 0.5) is 5.69 Å². The largest absolute Gasteiger partial charge is 0.392 e. The zero-order valence-corrected chi connectivity index (χ0v) is 21.7. The minimum absolute atomic E-state index is 0.0843. The first-order valence-electron chi connectivity index (χ1n) is 12.9. The molecular formula is C28H35N5O5. The normalized spacial score (nSPS) is 21.6. The number of rotatable bonds is 8. The average molecular weight is 522 g/mol. The number of carbonyl (C=O) groups is 2. The average Bonchev–Trinajstić information content (AvgIpc) is 3.19. The van der Waals surface area contributed by atoms with Gasteiger partial charge < -0.3 is 31.1 Å². The van der Waals surface area contributed by atoms with Crippen molar-refractivity contribution >= 4 is 23.6 Å². The second-order valence-electron chi connectivity index (χ2n) is 10.1. The van der Waals surface area contributed by atoms with Crippen molar-refractivity contribution in [2.75, 3.05) is 31.5 Å². The Hall–Kier alpha value is -3.60. The molecule has 38 heavy (non-hydrogen) atoms. The van der Waals surface area contributed by atoms with Crippen molar-refractivity contribution in [2.45, 2.75) is 51.1 Å². The van der Waals surface area contributed by atoms with Crippen LogP contribution in [0.5, 0.6) is 0 Å². The van der Waals surface area contributed by atoms with Gasteiger partial charge in [-0.15, -0.1) is 0 Å². The molecule has 202 valence electrons. The number of nitroso groups, excluding NO2 is 1. The number of fused-ring (bicyclic) bond motifs is 1. The number of carbonyl (C=O) groups excluding carboxylic acids is 2. The lowest BCUT2D eigenvalue weighted by atomic mass is 10.00. The number of β-amino-alcohol motifs (C(OH)–C–C–N with tert-alkyl or cyclic N) is 1. The zero-order valence-electron chi connectivity index (χ0n) is 21.7. The van der Waals surface area contributed by atoms with Crippen molar-refractivity contribution in [3.05, 3.63) is 64.1 Å². The topological polar surface area (TPSA) is 149 Å². The Bertz CT molecular complexity index is 1210. The molecular weight excluding hydrogens is 486 g/mol. The zero-order chi connectivity index (χ0) is 27.4. The smallest absolute Gasteiger partial charge is 0.254 e. The van der Waals surface area contributed by atoms with Gasteiger partial charge in [-0.1, -0.05) is 36.4 Å². The van der Waals surface area contributed by atoms with E-state index < -0.39 is 24.4 Å². The Labute approximate surface area is 222 Å². The molecule has 0 radical (unpaired) electrons. The molecule has 10 nitrogen and oxygen atoms in total. The molecule has 0 bridgehead atoms. The van der Waals surface area contributed by atoms with E-state index in [1.54, 1.807) is 24.0 Å². The van der Waals surface area contributed by atoms with Crippen molar-refractivity contribution in [3.8, 4) is 11.1 Å². The molecule has 2 aromatic carbocycles. The summed E-state index contributed by atoms with van der Waals surface area (Å²) in [6, 6.07) is 12.2. The van der Waals surface area contributed by atoms with Gasteiger partial charge in [0.2, 0.25) is 5.91 Å². The number of aliphatic hydroxyl groups is 2. The van der Waals surface area contributed by atoms with Gasteiger partial charge in [0.1, 0.15) is 6.04 Å². The van der Waals surface area contributed by atoms with E-state index in [0.717, 1.165) is 28.8 Å². The predicted molar refractivity (Wildman–Crippen MR) is 146 cm³/mol. The van der Waals surface area contributed by atoms with Gasteiger partial charge >= 0.3 is 0 Å². The number of benzene rings is 2. The van der Waals surface area contributed by atoms with E-state index >= 15 is 0 Å². The summed E-state index contributed by atoms with van der Waals surface area (Å²) in [5.74, 6) is -0.380. The molecule has 2 aliphatic heterocycles. The number of aliphatic hydroxyl groups excluding tert-OH is 2.